The lowest BCUT2D eigenvalue weighted by molar-refractivity contribution is -0.137. The molecule has 0 spiro atoms. The molecular weight excluding hydrogens is 349 g/mol. The number of alkyl halides is 3. The van der Waals surface area contributed by atoms with Gasteiger partial charge in [0.05, 0.1) is 10.9 Å². The molecule has 26 heavy (non-hydrogen) atoms. The van der Waals surface area contributed by atoms with Crippen LogP contribution in [0.1, 0.15) is 11.1 Å². The maximum atomic E-state index is 12.5. The summed E-state index contributed by atoms with van der Waals surface area (Å²) in [6, 6.07) is 11.1. The van der Waals surface area contributed by atoms with Crippen LogP contribution in [-0.4, -0.2) is 20.9 Å². The molecule has 0 bridgehead atoms. The van der Waals surface area contributed by atoms with Crippen molar-refractivity contribution in [2.45, 2.75) is 19.3 Å². The number of halogens is 3. The molecule has 1 amide bonds. The van der Waals surface area contributed by atoms with E-state index >= 15 is 0 Å². The minimum absolute atomic E-state index is 0.0345. The minimum Gasteiger partial charge on any atom is -0.350 e. The number of rotatable bonds is 4. The number of fused-ring (bicyclic) bond motifs is 1. The number of aromatic nitrogens is 3. The normalized spacial score (nSPS) is 11.5. The molecule has 0 atom stereocenters. The van der Waals surface area contributed by atoms with Gasteiger partial charge in [-0.25, -0.2) is 4.68 Å². The van der Waals surface area contributed by atoms with Gasteiger partial charge in [-0.2, -0.15) is 13.2 Å². The van der Waals surface area contributed by atoms with E-state index in [0.717, 1.165) is 16.8 Å². The Bertz CT molecular complexity index is 997. The Morgan fingerprint density at radius 2 is 1.77 bits per heavy atom. The molecule has 6 nitrogen and oxygen atoms in total. The van der Waals surface area contributed by atoms with E-state index in [4.69, 9.17) is 0 Å². The van der Waals surface area contributed by atoms with E-state index < -0.39 is 23.2 Å². The second-order valence-electron chi connectivity index (χ2n) is 5.54. The van der Waals surface area contributed by atoms with Gasteiger partial charge in [0, 0.05) is 6.54 Å². The Balaban J connectivity index is 1.64. The summed E-state index contributed by atoms with van der Waals surface area (Å²) in [5.41, 5.74) is -0.270. The topological polar surface area (TPSA) is 76.9 Å². The van der Waals surface area contributed by atoms with Crippen molar-refractivity contribution in [3.8, 4) is 0 Å². The van der Waals surface area contributed by atoms with Crippen LogP contribution < -0.4 is 10.9 Å². The average Bonchev–Trinajstić information content (AvgIpc) is 2.62. The van der Waals surface area contributed by atoms with Gasteiger partial charge in [-0.15, -0.1) is 5.10 Å². The number of benzene rings is 2. The molecule has 0 radical (unpaired) electrons. The van der Waals surface area contributed by atoms with Gasteiger partial charge in [-0.05, 0) is 29.8 Å². The molecule has 9 heteroatoms. The first-order chi connectivity index (χ1) is 12.3. The number of hydrogen-bond acceptors (Lipinski definition) is 4. The van der Waals surface area contributed by atoms with Crippen LogP contribution in [0.25, 0.3) is 10.9 Å². The van der Waals surface area contributed by atoms with Gasteiger partial charge in [0.15, 0.2) is 0 Å². The monoisotopic (exact) mass is 362 g/mol. The predicted molar refractivity (Wildman–Crippen MR) is 87.1 cm³/mol. The molecule has 1 aromatic heterocycles. The lowest BCUT2D eigenvalue weighted by atomic mass is 10.1. The third-order valence-corrected chi connectivity index (χ3v) is 3.69. The Morgan fingerprint density at radius 3 is 2.46 bits per heavy atom. The van der Waals surface area contributed by atoms with Crippen molar-refractivity contribution in [2.24, 2.45) is 0 Å². The summed E-state index contributed by atoms with van der Waals surface area (Å²) in [6.07, 6.45) is -4.41. The van der Waals surface area contributed by atoms with Crippen LogP contribution in [0.3, 0.4) is 0 Å². The Hall–Kier alpha value is -3.23. The number of carbonyl (C=O) groups is 1. The fraction of sp³-hybridized carbons (Fsp3) is 0.176. The van der Waals surface area contributed by atoms with Crippen LogP contribution >= 0.6 is 0 Å². The van der Waals surface area contributed by atoms with Gasteiger partial charge in [0.2, 0.25) is 5.91 Å². The van der Waals surface area contributed by atoms with Crippen LogP contribution in [0.5, 0.6) is 0 Å². The smallest absolute Gasteiger partial charge is 0.350 e. The minimum atomic E-state index is -4.41. The molecule has 0 fully saturated rings. The van der Waals surface area contributed by atoms with Crippen molar-refractivity contribution in [1.29, 1.82) is 0 Å². The van der Waals surface area contributed by atoms with Crippen molar-refractivity contribution in [3.63, 3.8) is 0 Å². The van der Waals surface area contributed by atoms with Crippen LogP contribution in [0, 0.1) is 0 Å². The number of carbonyl (C=O) groups excluding carboxylic acids is 1. The van der Waals surface area contributed by atoms with Crippen LogP contribution in [-0.2, 0) is 24.1 Å². The molecule has 134 valence electrons. The average molecular weight is 362 g/mol. The zero-order valence-corrected chi connectivity index (χ0v) is 13.3. The molecule has 1 heterocycles. The molecule has 3 aromatic rings. The van der Waals surface area contributed by atoms with E-state index in [1.165, 1.54) is 12.1 Å². The van der Waals surface area contributed by atoms with Gasteiger partial charge in [-0.1, -0.05) is 29.5 Å². The molecule has 0 unspecified atom stereocenters. The maximum Gasteiger partial charge on any atom is 0.416 e. The maximum absolute atomic E-state index is 12.5. The zero-order chi connectivity index (χ0) is 18.7. The quantitative estimate of drug-likeness (QED) is 0.771. The number of amides is 1. The summed E-state index contributed by atoms with van der Waals surface area (Å²) in [5, 5.41) is 10.5. The van der Waals surface area contributed by atoms with Gasteiger partial charge in [0.1, 0.15) is 12.1 Å². The summed E-state index contributed by atoms with van der Waals surface area (Å²) in [6.45, 7) is -0.302. The molecule has 1 N–H and O–H groups in total. The molecular formula is C17H13F3N4O2. The first-order valence-electron chi connectivity index (χ1n) is 7.60. The highest BCUT2D eigenvalue weighted by Crippen LogP contribution is 2.29. The highest BCUT2D eigenvalue weighted by Gasteiger charge is 2.29. The number of nitrogens with zero attached hydrogens (tertiary/aromatic N) is 3. The number of nitrogens with one attached hydrogen (secondary N) is 1. The summed E-state index contributed by atoms with van der Waals surface area (Å²) in [5.74, 6) is -0.503. The lowest BCUT2D eigenvalue weighted by Gasteiger charge is -2.09. The summed E-state index contributed by atoms with van der Waals surface area (Å²) in [4.78, 5) is 24.2. The second-order valence-corrected chi connectivity index (χ2v) is 5.54. The molecule has 0 aliphatic carbocycles. The standard InChI is InChI=1S/C17H13F3N4O2/c18-17(19,20)12-7-5-11(6-8-12)9-21-15(25)10-24-16(26)13-3-1-2-4-14(13)22-23-24/h1-8H,9-10H2,(H,21,25). The summed E-state index contributed by atoms with van der Waals surface area (Å²) >= 11 is 0. The second kappa shape index (κ2) is 6.95. The van der Waals surface area contributed by atoms with Crippen LogP contribution in [0.2, 0.25) is 0 Å². The first kappa shape index (κ1) is 17.6. The molecule has 0 aliphatic heterocycles. The van der Waals surface area contributed by atoms with Crippen molar-refractivity contribution in [2.75, 3.05) is 0 Å². The number of hydrogen-bond donors (Lipinski definition) is 1. The van der Waals surface area contributed by atoms with Crippen LogP contribution in [0.4, 0.5) is 13.2 Å². The summed E-state index contributed by atoms with van der Waals surface area (Å²) < 4.78 is 38.5. The molecule has 0 saturated heterocycles. The summed E-state index contributed by atoms with van der Waals surface area (Å²) in [7, 11) is 0. The largest absolute Gasteiger partial charge is 0.416 e. The fourth-order valence-electron chi connectivity index (χ4n) is 2.33. The highest BCUT2D eigenvalue weighted by molar-refractivity contribution is 5.78. The molecule has 0 aliphatic rings. The van der Waals surface area contributed by atoms with Gasteiger partial charge < -0.3 is 5.32 Å². The van der Waals surface area contributed by atoms with Crippen molar-refractivity contribution in [1.82, 2.24) is 20.3 Å². The lowest BCUT2D eigenvalue weighted by Crippen LogP contribution is -2.34. The van der Waals surface area contributed by atoms with Crippen molar-refractivity contribution >= 4 is 16.8 Å². The molecule has 3 rings (SSSR count). The van der Waals surface area contributed by atoms with Crippen molar-refractivity contribution in [3.05, 3.63) is 70.0 Å². The molecule has 2 aromatic carbocycles. The van der Waals surface area contributed by atoms with Gasteiger partial charge in [0.25, 0.3) is 5.56 Å². The predicted octanol–water partition coefficient (Wildman–Crippen LogP) is 2.13. The van der Waals surface area contributed by atoms with E-state index in [2.05, 4.69) is 15.6 Å². The third-order valence-electron chi connectivity index (χ3n) is 3.69. The van der Waals surface area contributed by atoms with E-state index in [9.17, 15) is 22.8 Å². The SMILES string of the molecule is O=C(Cn1nnc2ccccc2c1=O)NCc1ccc(C(F)(F)F)cc1. The Morgan fingerprint density at radius 1 is 1.08 bits per heavy atom. The van der Waals surface area contributed by atoms with E-state index in [1.807, 2.05) is 0 Å². The van der Waals surface area contributed by atoms with E-state index in [-0.39, 0.29) is 13.1 Å². The zero-order valence-electron chi connectivity index (χ0n) is 13.3. The van der Waals surface area contributed by atoms with E-state index in [1.54, 1.807) is 24.3 Å². The Kier molecular flexibility index (Phi) is 4.70. The molecule has 0 saturated carbocycles. The van der Waals surface area contributed by atoms with Gasteiger partial charge >= 0.3 is 6.18 Å². The fourth-order valence-corrected chi connectivity index (χ4v) is 2.33. The third kappa shape index (κ3) is 3.88. The highest BCUT2D eigenvalue weighted by atomic mass is 19.4. The van der Waals surface area contributed by atoms with E-state index in [0.29, 0.717) is 16.5 Å². The Labute approximate surface area is 145 Å². The van der Waals surface area contributed by atoms with Crippen LogP contribution in [0.15, 0.2) is 53.3 Å². The van der Waals surface area contributed by atoms with Gasteiger partial charge in [-0.3, -0.25) is 9.59 Å². The first-order valence-corrected chi connectivity index (χ1v) is 7.60. The van der Waals surface area contributed by atoms with Crippen molar-refractivity contribution < 1.29 is 18.0 Å².